The molecule has 0 spiro atoms. The Morgan fingerprint density at radius 1 is 0.222 bits per heavy atom. The third-order valence-electron chi connectivity index (χ3n) is 18.7. The molecule has 0 bridgehead atoms. The van der Waals surface area contributed by atoms with Crippen LogP contribution in [0.4, 0.5) is 0 Å². The zero-order valence-electron chi connectivity index (χ0n) is 48.2. The highest BCUT2D eigenvalue weighted by molar-refractivity contribution is 6.26. The second-order valence-electron chi connectivity index (χ2n) is 23.6. The summed E-state index contributed by atoms with van der Waals surface area (Å²) in [6.45, 7) is 0. The zero-order chi connectivity index (χ0) is 58.7. The van der Waals surface area contributed by atoms with Gasteiger partial charge in [0.1, 0.15) is 22.3 Å². The van der Waals surface area contributed by atoms with Gasteiger partial charge in [0.25, 0.3) is 0 Å². The minimum Gasteiger partial charge on any atom is -0.455 e. The average molecular weight is 1150 g/mol. The lowest BCUT2D eigenvalue weighted by atomic mass is 10.1. The number of furan rings is 2. The van der Waals surface area contributed by atoms with Crippen LogP contribution in [-0.4, -0.2) is 28.2 Å². The summed E-state index contributed by atoms with van der Waals surface area (Å²) in [4.78, 5) is 10.8. The molecular formula is C82H48N6O2. The number of nitrogens with zero attached hydrogens (tertiary/aromatic N) is 6. The van der Waals surface area contributed by atoms with Crippen LogP contribution in [-0.2, 0) is 0 Å². The maximum atomic E-state index is 6.96. The van der Waals surface area contributed by atoms with Crippen molar-refractivity contribution in [3.05, 3.63) is 291 Å². The standard InChI is InChI=1S/C82H48N6O2/c1-2-18-49(19-3-1)66-48-67(50-20-16-22-52(44-50)87-72-34-14-8-28-62(72)78-74(87)40-38-60-64-46-54(36-42-76(64)89-80(60)78)85-68-30-10-4-24-56(68)57-25-5-11-31-69(57)85)84-82(83-66)51-21-17-23-53(45-51)88-73-35-15-9-29-63(73)79-75(88)41-39-61-65-47-55(37-43-77(65)90-81(61)79)86-70-32-12-6-26-58(70)59-27-7-13-33-71(59)86/h1-48H. The predicted octanol–water partition coefficient (Wildman–Crippen LogP) is 21.7. The first-order valence-corrected chi connectivity index (χ1v) is 30.5. The van der Waals surface area contributed by atoms with Crippen LogP contribution in [0.1, 0.15) is 0 Å². The fourth-order valence-electron chi connectivity index (χ4n) is 14.9. The monoisotopic (exact) mass is 1150 g/mol. The van der Waals surface area contributed by atoms with Crippen LogP contribution < -0.4 is 0 Å². The van der Waals surface area contributed by atoms with Crippen molar-refractivity contribution in [1.82, 2.24) is 28.2 Å². The van der Waals surface area contributed by atoms with E-state index in [1.807, 2.05) is 6.07 Å². The Morgan fingerprint density at radius 3 is 1.04 bits per heavy atom. The lowest BCUT2D eigenvalue weighted by Crippen LogP contribution is -1.99. The van der Waals surface area contributed by atoms with Crippen LogP contribution in [0.3, 0.4) is 0 Å². The fraction of sp³-hybridized carbons (Fsp3) is 0. The summed E-state index contributed by atoms with van der Waals surface area (Å²) in [6, 6.07) is 104. The van der Waals surface area contributed by atoms with Gasteiger partial charge in [-0.25, -0.2) is 9.97 Å². The molecule has 0 amide bonds. The van der Waals surface area contributed by atoms with Gasteiger partial charge in [0.15, 0.2) is 5.82 Å². The summed E-state index contributed by atoms with van der Waals surface area (Å²) >= 11 is 0. The SMILES string of the molecule is c1ccc(-c2cc(-c3cccc(-n4c5ccccc5c5c6oc7ccc(-n8c9ccccc9c9ccccc98)cc7c6ccc54)c3)nc(-c3cccc(-n4c5ccccc5c5c6oc7ccc(-n8c9ccccc9c9ccccc98)cc7c6ccc54)c3)n2)cc1. The molecule has 8 heteroatoms. The van der Waals surface area contributed by atoms with Crippen molar-refractivity contribution in [3.63, 3.8) is 0 Å². The Labute approximate surface area is 513 Å². The molecule has 0 saturated carbocycles. The molecule has 7 aromatic heterocycles. The van der Waals surface area contributed by atoms with E-state index in [0.29, 0.717) is 5.82 Å². The molecule has 90 heavy (non-hydrogen) atoms. The van der Waals surface area contributed by atoms with E-state index in [1.165, 1.54) is 43.6 Å². The van der Waals surface area contributed by atoms with E-state index >= 15 is 0 Å². The number of para-hydroxylation sites is 6. The summed E-state index contributed by atoms with van der Waals surface area (Å²) in [5, 5.41) is 13.6. The van der Waals surface area contributed by atoms with E-state index < -0.39 is 0 Å². The van der Waals surface area contributed by atoms with Crippen molar-refractivity contribution in [3.8, 4) is 56.7 Å². The quantitative estimate of drug-likeness (QED) is 0.159. The number of fused-ring (bicyclic) bond motifs is 20. The van der Waals surface area contributed by atoms with E-state index in [4.69, 9.17) is 18.8 Å². The molecule has 0 unspecified atom stereocenters. The van der Waals surface area contributed by atoms with Crippen LogP contribution in [0, 0.1) is 0 Å². The molecule has 8 nitrogen and oxygen atoms in total. The normalized spacial score (nSPS) is 12.2. The molecule has 0 N–H and O–H groups in total. The van der Waals surface area contributed by atoms with Crippen molar-refractivity contribution >= 4 is 131 Å². The average Bonchev–Trinajstić information content (AvgIpc) is 1.63. The van der Waals surface area contributed by atoms with E-state index in [0.717, 1.165) is 138 Å². The molecule has 0 aliphatic carbocycles. The Balaban J connectivity index is 0.708. The van der Waals surface area contributed by atoms with Gasteiger partial charge in [0.05, 0.1) is 66.3 Å². The third-order valence-corrected chi connectivity index (χ3v) is 18.7. The maximum absolute atomic E-state index is 6.96. The van der Waals surface area contributed by atoms with Gasteiger partial charge in [-0.2, -0.15) is 0 Å². The lowest BCUT2D eigenvalue weighted by Gasteiger charge is -2.13. The van der Waals surface area contributed by atoms with Crippen molar-refractivity contribution in [2.75, 3.05) is 0 Å². The number of hydrogen-bond donors (Lipinski definition) is 0. The largest absolute Gasteiger partial charge is 0.455 e. The van der Waals surface area contributed by atoms with Gasteiger partial charge < -0.3 is 27.1 Å². The number of benzene rings is 13. The summed E-state index contributed by atoms with van der Waals surface area (Å²) in [5.74, 6) is 0.628. The molecule has 0 radical (unpaired) electrons. The highest BCUT2D eigenvalue weighted by Crippen LogP contribution is 2.45. The van der Waals surface area contributed by atoms with Gasteiger partial charge in [-0.1, -0.05) is 164 Å². The second-order valence-corrected chi connectivity index (χ2v) is 23.6. The molecule has 13 aromatic carbocycles. The van der Waals surface area contributed by atoms with Crippen LogP contribution >= 0.6 is 0 Å². The molecule has 7 heterocycles. The minimum atomic E-state index is 0.628. The van der Waals surface area contributed by atoms with Gasteiger partial charge >= 0.3 is 0 Å². The molecule has 0 saturated heterocycles. The zero-order valence-corrected chi connectivity index (χ0v) is 48.2. The Morgan fingerprint density at radius 2 is 0.578 bits per heavy atom. The van der Waals surface area contributed by atoms with E-state index in [9.17, 15) is 0 Å². The van der Waals surface area contributed by atoms with Crippen LogP contribution in [0.25, 0.3) is 188 Å². The first-order chi connectivity index (χ1) is 44.6. The molecule has 0 atom stereocenters. The molecule has 0 aliphatic heterocycles. The van der Waals surface area contributed by atoms with Crippen molar-refractivity contribution in [2.45, 2.75) is 0 Å². The topological polar surface area (TPSA) is 71.8 Å². The predicted molar refractivity (Wildman–Crippen MR) is 370 cm³/mol. The Bertz CT molecular complexity index is 5950. The van der Waals surface area contributed by atoms with Crippen molar-refractivity contribution in [2.24, 2.45) is 0 Å². The van der Waals surface area contributed by atoms with Gasteiger partial charge in [-0.05, 0) is 127 Å². The summed E-state index contributed by atoms with van der Waals surface area (Å²) < 4.78 is 23.4. The van der Waals surface area contributed by atoms with Crippen molar-refractivity contribution in [1.29, 1.82) is 0 Å². The van der Waals surface area contributed by atoms with Crippen LogP contribution in [0.5, 0.6) is 0 Å². The highest BCUT2D eigenvalue weighted by atomic mass is 16.3. The maximum Gasteiger partial charge on any atom is 0.160 e. The fourth-order valence-corrected chi connectivity index (χ4v) is 14.9. The van der Waals surface area contributed by atoms with E-state index in [-0.39, 0.29) is 0 Å². The minimum absolute atomic E-state index is 0.628. The Hall–Kier alpha value is -12.3. The molecule has 0 aliphatic rings. The first-order valence-electron chi connectivity index (χ1n) is 30.5. The highest BCUT2D eigenvalue weighted by Gasteiger charge is 2.24. The van der Waals surface area contributed by atoms with Crippen LogP contribution in [0.15, 0.2) is 300 Å². The van der Waals surface area contributed by atoms with Gasteiger partial charge in [0.2, 0.25) is 0 Å². The molecule has 20 aromatic rings. The second kappa shape index (κ2) is 18.6. The van der Waals surface area contributed by atoms with Gasteiger partial charge in [0, 0.05) is 93.3 Å². The molecule has 418 valence electrons. The number of rotatable bonds is 7. The summed E-state index contributed by atoms with van der Waals surface area (Å²) in [7, 11) is 0. The van der Waals surface area contributed by atoms with Crippen LogP contribution in [0.2, 0.25) is 0 Å². The molecular weight excluding hydrogens is 1100 g/mol. The number of hydrogen-bond acceptors (Lipinski definition) is 4. The van der Waals surface area contributed by atoms with E-state index in [1.54, 1.807) is 0 Å². The summed E-state index contributed by atoms with van der Waals surface area (Å²) in [6.07, 6.45) is 0. The van der Waals surface area contributed by atoms with Gasteiger partial charge in [-0.3, -0.25) is 0 Å². The summed E-state index contributed by atoms with van der Waals surface area (Å²) in [5.41, 5.74) is 21.1. The molecule has 0 fully saturated rings. The molecule has 20 rings (SSSR count). The number of aromatic nitrogens is 6. The lowest BCUT2D eigenvalue weighted by molar-refractivity contribution is 0.672. The third kappa shape index (κ3) is 7.01. The van der Waals surface area contributed by atoms with E-state index in [2.05, 4.69) is 303 Å². The Kier molecular flexibility index (Phi) is 10.1. The first kappa shape index (κ1) is 48.9. The smallest absolute Gasteiger partial charge is 0.160 e. The van der Waals surface area contributed by atoms with Crippen molar-refractivity contribution < 1.29 is 8.83 Å². The van der Waals surface area contributed by atoms with Gasteiger partial charge in [-0.15, -0.1) is 0 Å².